The fraction of sp³-hybridized carbons (Fsp3) is 0.455. The van der Waals surface area contributed by atoms with E-state index in [9.17, 15) is 0 Å². The van der Waals surface area contributed by atoms with Gasteiger partial charge in [-0.3, -0.25) is 4.90 Å². The Balaban J connectivity index is 2.32. The molecule has 70 valence electrons. The first-order valence-corrected chi connectivity index (χ1v) is 4.90. The minimum atomic E-state index is 0.954. The maximum absolute atomic E-state index is 5.93. The topological polar surface area (TPSA) is 29.3 Å². The van der Waals surface area contributed by atoms with Crippen molar-refractivity contribution in [3.05, 3.63) is 29.3 Å². The molecule has 1 aromatic rings. The van der Waals surface area contributed by atoms with Crippen molar-refractivity contribution >= 4 is 5.69 Å². The highest BCUT2D eigenvalue weighted by atomic mass is 15.1. The third kappa shape index (κ3) is 1.54. The zero-order valence-corrected chi connectivity index (χ0v) is 8.09. The van der Waals surface area contributed by atoms with Crippen LogP contribution in [0, 0.1) is 0 Å². The second-order valence-electron chi connectivity index (χ2n) is 3.60. The number of rotatable bonds is 1. The highest BCUT2D eigenvalue weighted by Crippen LogP contribution is 2.23. The molecule has 0 saturated carbocycles. The lowest BCUT2D eigenvalue weighted by molar-refractivity contribution is 0.269. The van der Waals surface area contributed by atoms with Gasteiger partial charge in [-0.05, 0) is 30.2 Å². The van der Waals surface area contributed by atoms with Gasteiger partial charge in [0.1, 0.15) is 0 Å². The fourth-order valence-corrected chi connectivity index (χ4v) is 1.93. The first-order chi connectivity index (χ1) is 6.31. The van der Waals surface area contributed by atoms with E-state index in [4.69, 9.17) is 5.73 Å². The normalized spacial score (nSPS) is 17.0. The van der Waals surface area contributed by atoms with Crippen LogP contribution in [-0.2, 0) is 13.0 Å². The number of nitrogen functional groups attached to an aromatic ring is 1. The van der Waals surface area contributed by atoms with Crippen LogP contribution >= 0.6 is 0 Å². The highest BCUT2D eigenvalue weighted by Gasteiger charge is 2.15. The van der Waals surface area contributed by atoms with Crippen LogP contribution in [0.15, 0.2) is 18.2 Å². The Morgan fingerprint density at radius 2 is 2.31 bits per heavy atom. The van der Waals surface area contributed by atoms with Gasteiger partial charge >= 0.3 is 0 Å². The summed E-state index contributed by atoms with van der Waals surface area (Å²) in [5.74, 6) is 0. The molecule has 0 radical (unpaired) electrons. The minimum Gasteiger partial charge on any atom is -0.398 e. The predicted octanol–water partition coefficient (Wildman–Crippen LogP) is 1.65. The van der Waals surface area contributed by atoms with Crippen LogP contribution in [0.4, 0.5) is 5.69 Å². The fourth-order valence-electron chi connectivity index (χ4n) is 1.93. The Morgan fingerprint density at radius 1 is 1.46 bits per heavy atom. The van der Waals surface area contributed by atoms with Crippen LogP contribution in [0.25, 0.3) is 0 Å². The van der Waals surface area contributed by atoms with Crippen molar-refractivity contribution in [2.75, 3.05) is 18.8 Å². The molecule has 1 aromatic carbocycles. The second kappa shape index (κ2) is 3.38. The summed E-state index contributed by atoms with van der Waals surface area (Å²) in [6, 6.07) is 6.24. The summed E-state index contributed by atoms with van der Waals surface area (Å²) in [6.07, 6.45) is 1.15. The minimum absolute atomic E-state index is 0.954. The Bertz CT molecular complexity index is 307. The molecule has 0 saturated heterocycles. The van der Waals surface area contributed by atoms with E-state index in [-0.39, 0.29) is 0 Å². The Morgan fingerprint density at radius 3 is 3.08 bits per heavy atom. The molecule has 13 heavy (non-hydrogen) atoms. The van der Waals surface area contributed by atoms with E-state index in [1.807, 2.05) is 6.07 Å². The number of hydrogen-bond acceptors (Lipinski definition) is 2. The monoisotopic (exact) mass is 176 g/mol. The Labute approximate surface area is 79.4 Å². The summed E-state index contributed by atoms with van der Waals surface area (Å²) in [7, 11) is 0. The smallest absolute Gasteiger partial charge is 0.0362 e. The lowest BCUT2D eigenvalue weighted by atomic mass is 9.98. The molecule has 1 aliphatic heterocycles. The molecule has 2 N–H and O–H groups in total. The van der Waals surface area contributed by atoms with Crippen LogP contribution in [0.2, 0.25) is 0 Å². The maximum Gasteiger partial charge on any atom is 0.0362 e. The number of hydrogen-bond donors (Lipinski definition) is 1. The van der Waals surface area contributed by atoms with Gasteiger partial charge in [0.25, 0.3) is 0 Å². The lowest BCUT2D eigenvalue weighted by Crippen LogP contribution is -2.30. The van der Waals surface area contributed by atoms with Crippen LogP contribution < -0.4 is 5.73 Å². The summed E-state index contributed by atoms with van der Waals surface area (Å²) in [5.41, 5.74) is 9.66. The molecule has 2 rings (SSSR count). The van der Waals surface area contributed by atoms with Gasteiger partial charge in [-0.25, -0.2) is 0 Å². The van der Waals surface area contributed by atoms with Gasteiger partial charge in [-0.2, -0.15) is 0 Å². The average molecular weight is 176 g/mol. The molecule has 0 spiro atoms. The van der Waals surface area contributed by atoms with E-state index in [0.717, 1.165) is 25.2 Å². The van der Waals surface area contributed by atoms with Crippen molar-refractivity contribution in [1.82, 2.24) is 4.90 Å². The van der Waals surface area contributed by atoms with Gasteiger partial charge in [0.2, 0.25) is 0 Å². The molecule has 1 heterocycles. The van der Waals surface area contributed by atoms with E-state index in [0.29, 0.717) is 0 Å². The SMILES string of the molecule is CCN1CCc2cccc(N)c2C1. The summed E-state index contributed by atoms with van der Waals surface area (Å²) in [4.78, 5) is 2.43. The molecule has 0 atom stereocenters. The summed E-state index contributed by atoms with van der Waals surface area (Å²) >= 11 is 0. The zero-order chi connectivity index (χ0) is 9.26. The number of fused-ring (bicyclic) bond motifs is 1. The molecule has 0 bridgehead atoms. The van der Waals surface area contributed by atoms with Crippen molar-refractivity contribution in [3.63, 3.8) is 0 Å². The summed E-state index contributed by atoms with van der Waals surface area (Å²) in [6.45, 7) is 5.52. The van der Waals surface area contributed by atoms with E-state index in [1.54, 1.807) is 0 Å². The number of benzene rings is 1. The van der Waals surface area contributed by atoms with Crippen LogP contribution in [0.5, 0.6) is 0 Å². The van der Waals surface area contributed by atoms with Gasteiger partial charge in [0.05, 0.1) is 0 Å². The van der Waals surface area contributed by atoms with Gasteiger partial charge in [0, 0.05) is 18.8 Å². The van der Waals surface area contributed by atoms with E-state index >= 15 is 0 Å². The van der Waals surface area contributed by atoms with Crippen molar-refractivity contribution in [2.24, 2.45) is 0 Å². The van der Waals surface area contributed by atoms with Crippen LogP contribution in [0.3, 0.4) is 0 Å². The largest absolute Gasteiger partial charge is 0.398 e. The number of anilines is 1. The molecule has 2 heteroatoms. The molecule has 0 amide bonds. The van der Waals surface area contributed by atoms with E-state index in [2.05, 4.69) is 24.0 Å². The lowest BCUT2D eigenvalue weighted by Gasteiger charge is -2.28. The first kappa shape index (κ1) is 8.57. The maximum atomic E-state index is 5.93. The van der Waals surface area contributed by atoms with Gasteiger partial charge in [-0.15, -0.1) is 0 Å². The average Bonchev–Trinajstić information content (AvgIpc) is 2.18. The molecule has 0 aromatic heterocycles. The van der Waals surface area contributed by atoms with Crippen molar-refractivity contribution in [2.45, 2.75) is 19.9 Å². The molecule has 0 unspecified atom stereocenters. The highest BCUT2D eigenvalue weighted by molar-refractivity contribution is 5.51. The van der Waals surface area contributed by atoms with E-state index in [1.165, 1.54) is 17.7 Å². The van der Waals surface area contributed by atoms with Crippen LogP contribution in [-0.4, -0.2) is 18.0 Å². The molecule has 0 fully saturated rings. The number of nitrogens with zero attached hydrogens (tertiary/aromatic N) is 1. The molecule has 1 aliphatic rings. The van der Waals surface area contributed by atoms with Crippen molar-refractivity contribution in [3.8, 4) is 0 Å². The Kier molecular flexibility index (Phi) is 2.23. The number of nitrogens with two attached hydrogens (primary N) is 1. The standard InChI is InChI=1S/C11H16N2/c1-2-13-7-6-9-4-3-5-11(12)10(9)8-13/h3-5H,2,6-8,12H2,1H3. The third-order valence-electron chi connectivity index (χ3n) is 2.84. The Hall–Kier alpha value is -1.02. The van der Waals surface area contributed by atoms with Gasteiger partial charge < -0.3 is 5.73 Å². The molecular weight excluding hydrogens is 160 g/mol. The predicted molar refractivity (Wildman–Crippen MR) is 55.5 cm³/mol. The third-order valence-corrected chi connectivity index (χ3v) is 2.84. The quantitative estimate of drug-likeness (QED) is 0.659. The zero-order valence-electron chi connectivity index (χ0n) is 8.09. The molecule has 2 nitrogen and oxygen atoms in total. The molecular formula is C11H16N2. The second-order valence-corrected chi connectivity index (χ2v) is 3.60. The van der Waals surface area contributed by atoms with Crippen molar-refractivity contribution < 1.29 is 0 Å². The van der Waals surface area contributed by atoms with Crippen molar-refractivity contribution in [1.29, 1.82) is 0 Å². The summed E-state index contributed by atoms with van der Waals surface area (Å²) in [5, 5.41) is 0. The van der Waals surface area contributed by atoms with Crippen LogP contribution in [0.1, 0.15) is 18.1 Å². The van der Waals surface area contributed by atoms with Gasteiger partial charge in [0.15, 0.2) is 0 Å². The first-order valence-electron chi connectivity index (χ1n) is 4.90. The molecule has 0 aliphatic carbocycles. The van der Waals surface area contributed by atoms with Gasteiger partial charge in [-0.1, -0.05) is 19.1 Å². The van der Waals surface area contributed by atoms with E-state index < -0.39 is 0 Å². The number of likely N-dealkylation sites (N-methyl/N-ethyl adjacent to an activating group) is 1. The summed E-state index contributed by atoms with van der Waals surface area (Å²) < 4.78 is 0.